The van der Waals surface area contributed by atoms with E-state index in [1.54, 1.807) is 18.2 Å². The van der Waals surface area contributed by atoms with Crippen LogP contribution in [0.2, 0.25) is 0 Å². The first-order valence-corrected chi connectivity index (χ1v) is 6.02. The maximum Gasteiger partial charge on any atom is 0.152 e. The van der Waals surface area contributed by atoms with Crippen molar-refractivity contribution in [3.63, 3.8) is 0 Å². The summed E-state index contributed by atoms with van der Waals surface area (Å²) < 4.78 is 40.5. The first-order valence-electron chi connectivity index (χ1n) is 4.94. The molecule has 0 unspecified atom stereocenters. The normalized spacial score (nSPS) is 10.4. The summed E-state index contributed by atoms with van der Waals surface area (Å²) in [5.41, 5.74) is 6.00. The molecule has 2 aromatic carbocycles. The van der Waals surface area contributed by atoms with E-state index in [4.69, 9.17) is 5.73 Å². The van der Waals surface area contributed by atoms with Crippen molar-refractivity contribution in [2.24, 2.45) is 0 Å². The van der Waals surface area contributed by atoms with E-state index in [0.717, 1.165) is 3.57 Å². The van der Waals surface area contributed by atoms with Crippen LogP contribution in [0.5, 0.6) is 0 Å². The molecule has 0 spiro atoms. The number of benzene rings is 2. The van der Waals surface area contributed by atoms with Gasteiger partial charge >= 0.3 is 0 Å². The van der Waals surface area contributed by atoms with Crippen molar-refractivity contribution in [1.29, 1.82) is 0 Å². The van der Waals surface area contributed by atoms with Crippen molar-refractivity contribution in [2.75, 3.05) is 11.1 Å². The number of nitrogens with one attached hydrogen (secondary N) is 1. The molecule has 18 heavy (non-hydrogen) atoms. The Morgan fingerprint density at radius 2 is 1.61 bits per heavy atom. The Hall–Kier alpha value is -1.44. The van der Waals surface area contributed by atoms with Crippen LogP contribution in [-0.4, -0.2) is 0 Å². The second kappa shape index (κ2) is 5.05. The Morgan fingerprint density at radius 3 is 2.17 bits per heavy atom. The van der Waals surface area contributed by atoms with Crippen LogP contribution in [0.25, 0.3) is 0 Å². The summed E-state index contributed by atoms with van der Waals surface area (Å²) in [6.45, 7) is 0. The van der Waals surface area contributed by atoms with E-state index in [1.807, 2.05) is 0 Å². The molecule has 0 aliphatic heterocycles. The molecule has 0 saturated heterocycles. The van der Waals surface area contributed by atoms with Gasteiger partial charge in [-0.15, -0.1) is 0 Å². The number of rotatable bonds is 2. The summed E-state index contributed by atoms with van der Waals surface area (Å²) in [5, 5.41) is 2.52. The maximum absolute atomic E-state index is 13.4. The number of halogens is 4. The Morgan fingerprint density at radius 1 is 1.00 bits per heavy atom. The number of nitrogens with two attached hydrogens (primary N) is 1. The number of anilines is 3. The molecule has 6 heteroatoms. The van der Waals surface area contributed by atoms with E-state index in [9.17, 15) is 13.2 Å². The average molecular weight is 364 g/mol. The zero-order chi connectivity index (χ0) is 13.3. The van der Waals surface area contributed by atoms with Crippen LogP contribution in [0.4, 0.5) is 30.2 Å². The van der Waals surface area contributed by atoms with Crippen LogP contribution in [-0.2, 0) is 0 Å². The third-order valence-electron chi connectivity index (χ3n) is 2.28. The lowest BCUT2D eigenvalue weighted by Crippen LogP contribution is -2.01. The molecule has 0 heterocycles. The van der Waals surface area contributed by atoms with Gasteiger partial charge in [-0.1, -0.05) is 0 Å². The summed E-state index contributed by atoms with van der Waals surface area (Å²) in [6, 6.07) is 6.20. The molecule has 0 bridgehead atoms. The summed E-state index contributed by atoms with van der Waals surface area (Å²) >= 11 is 2.07. The van der Waals surface area contributed by atoms with E-state index in [-0.39, 0.29) is 0 Å². The second-order valence-corrected chi connectivity index (χ2v) is 4.85. The van der Waals surface area contributed by atoms with E-state index in [1.165, 1.54) is 0 Å². The predicted molar refractivity (Wildman–Crippen MR) is 73.2 cm³/mol. The van der Waals surface area contributed by atoms with Crippen molar-refractivity contribution >= 4 is 39.7 Å². The van der Waals surface area contributed by atoms with Gasteiger partial charge in [-0.25, -0.2) is 13.2 Å². The Kier molecular flexibility index (Phi) is 3.65. The number of nitrogen functional groups attached to an aromatic ring is 1. The van der Waals surface area contributed by atoms with Gasteiger partial charge in [0.2, 0.25) is 0 Å². The minimum absolute atomic E-state index is 0.352. The zero-order valence-corrected chi connectivity index (χ0v) is 11.1. The fraction of sp³-hybridized carbons (Fsp3) is 0. The lowest BCUT2D eigenvalue weighted by molar-refractivity contribution is 0.549. The number of hydrogen-bond donors (Lipinski definition) is 2. The van der Waals surface area contributed by atoms with Crippen molar-refractivity contribution in [1.82, 2.24) is 0 Å². The topological polar surface area (TPSA) is 38.0 Å². The molecular formula is C12H8F3IN2. The summed E-state index contributed by atoms with van der Waals surface area (Å²) in [4.78, 5) is 0. The largest absolute Gasteiger partial charge is 0.397 e. The first kappa shape index (κ1) is 13.0. The standard InChI is InChI=1S/C12H8F3IN2/c13-6-3-8(14)12(9(15)4-6)18-11-2-1-7(16)5-10(11)17/h1-5,18H,17H2. The number of hydrogen-bond acceptors (Lipinski definition) is 2. The lowest BCUT2D eigenvalue weighted by atomic mass is 10.2. The molecule has 2 rings (SSSR count). The van der Waals surface area contributed by atoms with Crippen molar-refractivity contribution < 1.29 is 13.2 Å². The highest BCUT2D eigenvalue weighted by Gasteiger charge is 2.12. The zero-order valence-electron chi connectivity index (χ0n) is 8.98. The molecule has 0 amide bonds. The van der Waals surface area contributed by atoms with Crippen LogP contribution in [0.1, 0.15) is 0 Å². The van der Waals surface area contributed by atoms with Gasteiger partial charge in [0.1, 0.15) is 11.5 Å². The molecule has 3 N–H and O–H groups in total. The van der Waals surface area contributed by atoms with E-state index in [2.05, 4.69) is 27.9 Å². The molecule has 0 aliphatic carbocycles. The quantitative estimate of drug-likeness (QED) is 0.624. The van der Waals surface area contributed by atoms with E-state index >= 15 is 0 Å². The van der Waals surface area contributed by atoms with Gasteiger partial charge in [0.25, 0.3) is 0 Å². The molecule has 2 aromatic rings. The summed E-state index contributed by atoms with van der Waals surface area (Å²) in [5.74, 6) is -2.98. The van der Waals surface area contributed by atoms with Crippen molar-refractivity contribution in [2.45, 2.75) is 0 Å². The molecule has 0 saturated carbocycles. The van der Waals surface area contributed by atoms with Crippen molar-refractivity contribution in [3.05, 3.63) is 51.4 Å². The van der Waals surface area contributed by atoms with Crippen LogP contribution in [0.15, 0.2) is 30.3 Å². The highest BCUT2D eigenvalue weighted by molar-refractivity contribution is 14.1. The fourth-order valence-corrected chi connectivity index (χ4v) is 1.96. The van der Waals surface area contributed by atoms with Crippen LogP contribution in [0.3, 0.4) is 0 Å². The minimum atomic E-state index is -1.01. The van der Waals surface area contributed by atoms with Gasteiger partial charge < -0.3 is 11.1 Å². The van der Waals surface area contributed by atoms with Gasteiger partial charge in [0.15, 0.2) is 11.6 Å². The van der Waals surface area contributed by atoms with Crippen LogP contribution in [0, 0.1) is 21.0 Å². The monoisotopic (exact) mass is 364 g/mol. The Balaban J connectivity index is 2.40. The van der Waals surface area contributed by atoms with Crippen LogP contribution < -0.4 is 11.1 Å². The molecule has 0 aromatic heterocycles. The molecule has 94 valence electrons. The first-order chi connectivity index (χ1) is 8.47. The smallest absolute Gasteiger partial charge is 0.152 e. The molecule has 0 radical (unpaired) electrons. The Labute approximate surface area is 115 Å². The van der Waals surface area contributed by atoms with Gasteiger partial charge in [-0.05, 0) is 40.8 Å². The SMILES string of the molecule is Nc1cc(I)ccc1Nc1c(F)cc(F)cc1F. The van der Waals surface area contributed by atoms with E-state index in [0.29, 0.717) is 23.5 Å². The molecule has 2 nitrogen and oxygen atoms in total. The van der Waals surface area contributed by atoms with Gasteiger partial charge in [-0.2, -0.15) is 0 Å². The van der Waals surface area contributed by atoms with Crippen molar-refractivity contribution in [3.8, 4) is 0 Å². The van der Waals surface area contributed by atoms with Gasteiger partial charge in [0, 0.05) is 15.7 Å². The Bertz CT molecular complexity index is 579. The second-order valence-electron chi connectivity index (χ2n) is 3.60. The third-order valence-corrected chi connectivity index (χ3v) is 2.95. The lowest BCUT2D eigenvalue weighted by Gasteiger charge is -2.11. The summed E-state index contributed by atoms with van der Waals surface area (Å²) in [6.07, 6.45) is 0. The highest BCUT2D eigenvalue weighted by atomic mass is 127. The molecule has 0 fully saturated rings. The van der Waals surface area contributed by atoms with Gasteiger partial charge in [0.05, 0.1) is 11.4 Å². The maximum atomic E-state index is 13.4. The molecule has 0 atom stereocenters. The van der Waals surface area contributed by atoms with E-state index < -0.39 is 23.1 Å². The summed E-state index contributed by atoms with van der Waals surface area (Å²) in [7, 11) is 0. The average Bonchev–Trinajstić information content (AvgIpc) is 2.25. The fourth-order valence-electron chi connectivity index (χ4n) is 1.44. The predicted octanol–water partition coefficient (Wildman–Crippen LogP) is 4.03. The molecule has 0 aliphatic rings. The molecular weight excluding hydrogens is 356 g/mol. The minimum Gasteiger partial charge on any atom is -0.397 e. The third kappa shape index (κ3) is 2.69. The van der Waals surface area contributed by atoms with Gasteiger partial charge in [-0.3, -0.25) is 0 Å². The highest BCUT2D eigenvalue weighted by Crippen LogP contribution is 2.28. The van der Waals surface area contributed by atoms with Crippen LogP contribution >= 0.6 is 22.6 Å².